The number of pyridine rings is 1. The summed E-state index contributed by atoms with van der Waals surface area (Å²) in [6, 6.07) is 0.575. The van der Waals surface area contributed by atoms with Crippen LogP contribution >= 0.6 is 0 Å². The molecule has 4 nitrogen and oxygen atoms in total. The lowest BCUT2D eigenvalue weighted by molar-refractivity contribution is -0.149. The number of hydrogen-bond acceptors (Lipinski definition) is 3. The maximum atomic E-state index is 12.5. The topological polar surface area (TPSA) is 59.2 Å². The molecule has 1 fully saturated rings. The lowest BCUT2D eigenvalue weighted by Crippen LogP contribution is -2.42. The standard InChI is InChI=1S/C14H18F3N3O/c1-9-4-2-3-7-20(9)13(21)11-6-5-10(8-19-11)12(18)14(15,16)17/h5-6,8-9,12H,2-4,7,18H2,1H3/t9-,12-/m0/s1. The molecule has 0 unspecified atom stereocenters. The first kappa shape index (κ1) is 15.8. The van der Waals surface area contributed by atoms with Gasteiger partial charge in [-0.05, 0) is 37.8 Å². The van der Waals surface area contributed by atoms with Crippen molar-refractivity contribution in [3.63, 3.8) is 0 Å². The Morgan fingerprint density at radius 2 is 2.14 bits per heavy atom. The second-order valence-corrected chi connectivity index (χ2v) is 5.34. The van der Waals surface area contributed by atoms with Crippen molar-refractivity contribution in [2.45, 2.75) is 44.4 Å². The summed E-state index contributed by atoms with van der Waals surface area (Å²) in [6.45, 7) is 2.62. The van der Waals surface area contributed by atoms with Crippen molar-refractivity contribution in [3.05, 3.63) is 29.6 Å². The van der Waals surface area contributed by atoms with E-state index in [1.165, 1.54) is 12.1 Å². The van der Waals surface area contributed by atoms with E-state index in [9.17, 15) is 18.0 Å². The van der Waals surface area contributed by atoms with Crippen LogP contribution in [0.3, 0.4) is 0 Å². The predicted molar refractivity (Wildman–Crippen MR) is 71.6 cm³/mol. The number of carbonyl (C=O) groups excluding carboxylic acids is 1. The molecule has 1 amide bonds. The maximum Gasteiger partial charge on any atom is 0.407 e. The molecule has 0 aromatic carbocycles. The monoisotopic (exact) mass is 301 g/mol. The molecule has 7 heteroatoms. The second kappa shape index (κ2) is 6.01. The molecule has 1 aliphatic rings. The molecule has 1 aromatic heterocycles. The average molecular weight is 301 g/mol. The van der Waals surface area contributed by atoms with E-state index in [0.29, 0.717) is 6.54 Å². The number of carbonyl (C=O) groups is 1. The van der Waals surface area contributed by atoms with E-state index in [1.807, 2.05) is 6.92 Å². The van der Waals surface area contributed by atoms with Crippen molar-refractivity contribution in [2.75, 3.05) is 6.54 Å². The highest BCUT2D eigenvalue weighted by atomic mass is 19.4. The summed E-state index contributed by atoms with van der Waals surface area (Å²) in [4.78, 5) is 17.9. The Hall–Kier alpha value is -1.63. The summed E-state index contributed by atoms with van der Waals surface area (Å²) in [6.07, 6.45) is -0.539. The van der Waals surface area contributed by atoms with Crippen LogP contribution in [0.1, 0.15) is 48.3 Å². The van der Waals surface area contributed by atoms with Crippen LogP contribution in [0.5, 0.6) is 0 Å². The van der Waals surface area contributed by atoms with Gasteiger partial charge >= 0.3 is 6.18 Å². The zero-order chi connectivity index (χ0) is 15.6. The Balaban J connectivity index is 2.13. The number of likely N-dealkylation sites (tertiary alicyclic amines) is 1. The van der Waals surface area contributed by atoms with Crippen LogP contribution in [-0.4, -0.2) is 34.6 Å². The number of aromatic nitrogens is 1. The minimum atomic E-state index is -4.52. The van der Waals surface area contributed by atoms with E-state index < -0.39 is 12.2 Å². The molecule has 1 aliphatic heterocycles. The highest BCUT2D eigenvalue weighted by Gasteiger charge is 2.38. The van der Waals surface area contributed by atoms with E-state index in [4.69, 9.17) is 5.73 Å². The molecule has 0 saturated carbocycles. The first-order chi connectivity index (χ1) is 9.80. The Morgan fingerprint density at radius 3 is 2.67 bits per heavy atom. The molecule has 0 aliphatic carbocycles. The minimum Gasteiger partial charge on any atom is -0.335 e. The van der Waals surface area contributed by atoms with Gasteiger partial charge in [-0.2, -0.15) is 13.2 Å². The molecule has 0 radical (unpaired) electrons. The Labute approximate surface area is 121 Å². The summed E-state index contributed by atoms with van der Waals surface area (Å²) in [5.74, 6) is -0.241. The first-order valence-electron chi connectivity index (χ1n) is 6.90. The smallest absolute Gasteiger partial charge is 0.335 e. The molecule has 0 spiro atoms. The molecule has 2 atom stereocenters. The highest BCUT2D eigenvalue weighted by Crippen LogP contribution is 2.30. The van der Waals surface area contributed by atoms with Crippen molar-refractivity contribution >= 4 is 5.91 Å². The van der Waals surface area contributed by atoms with Crippen molar-refractivity contribution in [1.82, 2.24) is 9.88 Å². The zero-order valence-corrected chi connectivity index (χ0v) is 11.7. The van der Waals surface area contributed by atoms with Crippen molar-refractivity contribution < 1.29 is 18.0 Å². The van der Waals surface area contributed by atoms with E-state index in [0.717, 1.165) is 25.5 Å². The van der Waals surface area contributed by atoms with Gasteiger partial charge in [0.1, 0.15) is 11.7 Å². The number of piperidine rings is 1. The van der Waals surface area contributed by atoms with E-state index in [2.05, 4.69) is 4.98 Å². The van der Waals surface area contributed by atoms with Crippen LogP contribution in [-0.2, 0) is 0 Å². The molecule has 1 aromatic rings. The summed E-state index contributed by atoms with van der Waals surface area (Å²) in [5.41, 5.74) is 5.11. The maximum absolute atomic E-state index is 12.5. The lowest BCUT2D eigenvalue weighted by atomic mass is 10.0. The fourth-order valence-electron chi connectivity index (χ4n) is 2.45. The summed E-state index contributed by atoms with van der Waals surface area (Å²) < 4.78 is 37.5. The molecular weight excluding hydrogens is 283 g/mol. The van der Waals surface area contributed by atoms with Crippen LogP contribution in [0, 0.1) is 0 Å². The number of nitrogens with two attached hydrogens (primary N) is 1. The predicted octanol–water partition coefficient (Wildman–Crippen LogP) is 2.66. The van der Waals surface area contributed by atoms with Crippen LogP contribution in [0.2, 0.25) is 0 Å². The van der Waals surface area contributed by atoms with E-state index in [1.54, 1.807) is 4.90 Å². The minimum absolute atomic E-state index is 0.130. The summed E-state index contributed by atoms with van der Waals surface area (Å²) >= 11 is 0. The van der Waals surface area contributed by atoms with Crippen molar-refractivity contribution in [3.8, 4) is 0 Å². The lowest BCUT2D eigenvalue weighted by Gasteiger charge is -2.33. The van der Waals surface area contributed by atoms with Gasteiger partial charge in [-0.3, -0.25) is 9.78 Å². The van der Waals surface area contributed by atoms with Gasteiger partial charge in [0, 0.05) is 18.8 Å². The third-order valence-corrected chi connectivity index (χ3v) is 3.78. The highest BCUT2D eigenvalue weighted by molar-refractivity contribution is 5.92. The first-order valence-corrected chi connectivity index (χ1v) is 6.90. The van der Waals surface area contributed by atoms with Crippen molar-refractivity contribution in [2.24, 2.45) is 5.73 Å². The SMILES string of the molecule is C[C@H]1CCCCN1C(=O)c1ccc([C@H](N)C(F)(F)F)cn1. The number of alkyl halides is 3. The number of nitrogens with zero attached hydrogens (tertiary/aromatic N) is 2. The van der Waals surface area contributed by atoms with Crippen LogP contribution in [0.25, 0.3) is 0 Å². The molecular formula is C14H18F3N3O. The van der Waals surface area contributed by atoms with Crippen LogP contribution < -0.4 is 5.73 Å². The Kier molecular flexibility index (Phi) is 4.51. The van der Waals surface area contributed by atoms with Gasteiger partial charge in [-0.25, -0.2) is 0 Å². The fraction of sp³-hybridized carbons (Fsp3) is 0.571. The molecule has 21 heavy (non-hydrogen) atoms. The van der Waals surface area contributed by atoms with Gasteiger partial charge in [-0.15, -0.1) is 0 Å². The molecule has 2 rings (SSSR count). The Morgan fingerprint density at radius 1 is 1.43 bits per heavy atom. The van der Waals surface area contributed by atoms with E-state index >= 15 is 0 Å². The number of halogens is 3. The van der Waals surface area contributed by atoms with Crippen LogP contribution in [0.4, 0.5) is 13.2 Å². The molecule has 0 bridgehead atoms. The summed E-state index contributed by atoms with van der Waals surface area (Å²) in [7, 11) is 0. The molecule has 1 saturated heterocycles. The third kappa shape index (κ3) is 3.53. The van der Waals surface area contributed by atoms with Crippen molar-refractivity contribution in [1.29, 1.82) is 0 Å². The van der Waals surface area contributed by atoms with Gasteiger partial charge < -0.3 is 10.6 Å². The van der Waals surface area contributed by atoms with Crippen LogP contribution in [0.15, 0.2) is 18.3 Å². The fourth-order valence-corrected chi connectivity index (χ4v) is 2.45. The largest absolute Gasteiger partial charge is 0.407 e. The Bertz CT molecular complexity index is 501. The van der Waals surface area contributed by atoms with Gasteiger partial charge in [0.2, 0.25) is 0 Å². The second-order valence-electron chi connectivity index (χ2n) is 5.34. The van der Waals surface area contributed by atoms with Gasteiger partial charge in [0.05, 0.1) is 0 Å². The number of hydrogen-bond donors (Lipinski definition) is 1. The molecule has 116 valence electrons. The number of amides is 1. The molecule has 2 heterocycles. The van der Waals surface area contributed by atoms with Gasteiger partial charge in [0.15, 0.2) is 0 Å². The summed E-state index contributed by atoms with van der Waals surface area (Å²) in [5, 5.41) is 0. The normalized spacial score (nSPS) is 21.2. The average Bonchev–Trinajstić information content (AvgIpc) is 2.45. The van der Waals surface area contributed by atoms with E-state index in [-0.39, 0.29) is 23.2 Å². The number of rotatable bonds is 2. The van der Waals surface area contributed by atoms with Gasteiger partial charge in [-0.1, -0.05) is 6.07 Å². The quantitative estimate of drug-likeness (QED) is 0.913. The zero-order valence-electron chi connectivity index (χ0n) is 11.7. The molecule has 2 N–H and O–H groups in total. The van der Waals surface area contributed by atoms with Gasteiger partial charge in [0.25, 0.3) is 5.91 Å². The third-order valence-electron chi connectivity index (χ3n) is 3.78.